The maximum absolute atomic E-state index is 6.30. The molecule has 0 amide bonds. The molecule has 214 valence electrons. The van der Waals surface area contributed by atoms with E-state index in [0.29, 0.717) is 0 Å². The van der Waals surface area contributed by atoms with E-state index in [0.717, 1.165) is 39.0 Å². The average molecular weight is 594 g/mol. The Morgan fingerprint density at radius 3 is 1.33 bits per heavy atom. The predicted molar refractivity (Wildman–Crippen MR) is 192 cm³/mol. The second-order valence-corrected chi connectivity index (χ2v) is 15.2. The number of anilines is 3. The van der Waals surface area contributed by atoms with Gasteiger partial charge in [-0.05, 0) is 63.2 Å². The Kier molecular flexibility index (Phi) is 6.86. The van der Waals surface area contributed by atoms with Crippen LogP contribution in [0.25, 0.3) is 21.9 Å². The topological polar surface area (TPSA) is 16.4 Å². The number of furan rings is 1. The summed E-state index contributed by atoms with van der Waals surface area (Å²) < 4.78 is 6.30. The lowest BCUT2D eigenvalue weighted by molar-refractivity contribution is 0.669. The van der Waals surface area contributed by atoms with E-state index in [1.165, 1.54) is 20.7 Å². The Bertz CT molecular complexity index is 2100. The summed E-state index contributed by atoms with van der Waals surface area (Å²) in [5.74, 6) is 0. The Labute approximate surface area is 264 Å². The highest BCUT2D eigenvalue weighted by Crippen LogP contribution is 2.38. The van der Waals surface area contributed by atoms with Crippen LogP contribution in [-0.2, 0) is 0 Å². The van der Waals surface area contributed by atoms with E-state index in [1.807, 2.05) is 12.1 Å². The first-order valence-electron chi connectivity index (χ1n) is 15.4. The van der Waals surface area contributed by atoms with Crippen molar-refractivity contribution in [1.29, 1.82) is 0 Å². The van der Waals surface area contributed by atoms with Crippen LogP contribution in [0.3, 0.4) is 0 Å². The molecule has 3 heteroatoms. The Hall–Kier alpha value is -5.64. The number of hydrogen-bond donors (Lipinski definition) is 0. The van der Waals surface area contributed by atoms with Gasteiger partial charge in [-0.15, -0.1) is 0 Å². The van der Waals surface area contributed by atoms with Gasteiger partial charge in [-0.3, -0.25) is 0 Å². The fraction of sp³-hybridized carbons (Fsp3) is 0. The molecule has 0 fully saturated rings. The Morgan fingerprint density at radius 2 is 0.756 bits per heavy atom. The SMILES string of the molecule is c1ccc(N(c2ccc([Si](c3ccccc3)(c3ccccc3)c3ccccc3)cc2)c2ccc3c(c2)oc2ccccc23)cc1. The lowest BCUT2D eigenvalue weighted by Crippen LogP contribution is -2.74. The first kappa shape index (κ1) is 26.9. The molecule has 1 aromatic heterocycles. The molecule has 0 saturated carbocycles. The molecule has 0 aliphatic rings. The fourth-order valence-corrected chi connectivity index (χ4v) is 11.5. The zero-order valence-electron chi connectivity index (χ0n) is 24.8. The van der Waals surface area contributed by atoms with E-state index in [-0.39, 0.29) is 0 Å². The number of fused-ring (bicyclic) bond motifs is 3. The maximum atomic E-state index is 6.30. The van der Waals surface area contributed by atoms with Crippen molar-refractivity contribution in [2.24, 2.45) is 0 Å². The van der Waals surface area contributed by atoms with Crippen molar-refractivity contribution in [1.82, 2.24) is 0 Å². The van der Waals surface area contributed by atoms with Crippen molar-refractivity contribution < 1.29 is 4.42 Å². The van der Waals surface area contributed by atoms with Crippen molar-refractivity contribution in [3.05, 3.63) is 188 Å². The van der Waals surface area contributed by atoms with Gasteiger partial charge in [-0.1, -0.05) is 140 Å². The van der Waals surface area contributed by atoms with Gasteiger partial charge in [0.25, 0.3) is 0 Å². The lowest BCUT2D eigenvalue weighted by Gasteiger charge is -2.35. The average Bonchev–Trinajstić information content (AvgIpc) is 3.49. The Morgan fingerprint density at radius 1 is 0.333 bits per heavy atom. The first-order chi connectivity index (χ1) is 22.3. The summed E-state index contributed by atoms with van der Waals surface area (Å²) in [7, 11) is -2.60. The van der Waals surface area contributed by atoms with Crippen LogP contribution in [0.2, 0.25) is 0 Å². The van der Waals surface area contributed by atoms with Gasteiger partial charge in [0.2, 0.25) is 0 Å². The highest BCUT2D eigenvalue weighted by molar-refractivity contribution is 7.19. The normalized spacial score (nSPS) is 11.6. The minimum Gasteiger partial charge on any atom is -0.456 e. The van der Waals surface area contributed by atoms with Crippen molar-refractivity contribution >= 4 is 67.8 Å². The molecule has 0 unspecified atom stereocenters. The van der Waals surface area contributed by atoms with Crippen LogP contribution in [0.1, 0.15) is 0 Å². The molecule has 7 aromatic carbocycles. The van der Waals surface area contributed by atoms with Gasteiger partial charge < -0.3 is 9.32 Å². The minimum atomic E-state index is -2.60. The number of para-hydroxylation sites is 2. The summed E-state index contributed by atoms with van der Waals surface area (Å²) >= 11 is 0. The highest BCUT2D eigenvalue weighted by Gasteiger charge is 2.41. The molecular formula is C42H31NOSi. The van der Waals surface area contributed by atoms with Crippen LogP contribution in [0.4, 0.5) is 17.1 Å². The van der Waals surface area contributed by atoms with Crippen molar-refractivity contribution in [3.63, 3.8) is 0 Å². The summed E-state index contributed by atoms with van der Waals surface area (Å²) in [5.41, 5.74) is 5.04. The third-order valence-corrected chi connectivity index (χ3v) is 13.6. The Balaban J connectivity index is 1.31. The monoisotopic (exact) mass is 593 g/mol. The van der Waals surface area contributed by atoms with E-state index in [9.17, 15) is 0 Å². The molecule has 0 aliphatic heterocycles. The molecule has 0 N–H and O–H groups in total. The lowest BCUT2D eigenvalue weighted by atomic mass is 10.1. The van der Waals surface area contributed by atoms with Crippen LogP contribution >= 0.6 is 0 Å². The van der Waals surface area contributed by atoms with Gasteiger partial charge in [-0.2, -0.15) is 0 Å². The van der Waals surface area contributed by atoms with Gasteiger partial charge in [0.15, 0.2) is 8.07 Å². The van der Waals surface area contributed by atoms with Gasteiger partial charge in [-0.25, -0.2) is 0 Å². The van der Waals surface area contributed by atoms with Crippen LogP contribution in [0.5, 0.6) is 0 Å². The molecule has 0 spiro atoms. The molecule has 45 heavy (non-hydrogen) atoms. The summed E-state index contributed by atoms with van der Waals surface area (Å²) in [4.78, 5) is 2.31. The molecule has 8 aromatic rings. The second kappa shape index (κ2) is 11.5. The third kappa shape index (κ3) is 4.66. The second-order valence-electron chi connectivity index (χ2n) is 11.3. The van der Waals surface area contributed by atoms with E-state index >= 15 is 0 Å². The molecule has 2 nitrogen and oxygen atoms in total. The zero-order chi connectivity index (χ0) is 30.1. The van der Waals surface area contributed by atoms with E-state index in [2.05, 4.69) is 181 Å². The summed E-state index contributed by atoms with van der Waals surface area (Å²) in [5, 5.41) is 7.71. The number of nitrogens with zero attached hydrogens (tertiary/aromatic N) is 1. The third-order valence-electron chi connectivity index (χ3n) is 8.81. The highest BCUT2D eigenvalue weighted by atomic mass is 28.3. The molecule has 0 bridgehead atoms. The molecule has 0 atom stereocenters. The van der Waals surface area contributed by atoms with Gasteiger partial charge in [0.1, 0.15) is 11.2 Å². The first-order valence-corrected chi connectivity index (χ1v) is 17.4. The van der Waals surface area contributed by atoms with Crippen LogP contribution in [0.15, 0.2) is 192 Å². The van der Waals surface area contributed by atoms with Gasteiger partial charge in [0, 0.05) is 33.9 Å². The molecule has 0 saturated heterocycles. The zero-order valence-corrected chi connectivity index (χ0v) is 25.8. The van der Waals surface area contributed by atoms with E-state index < -0.39 is 8.07 Å². The molecule has 1 heterocycles. The number of hydrogen-bond acceptors (Lipinski definition) is 2. The van der Waals surface area contributed by atoms with E-state index in [4.69, 9.17) is 4.42 Å². The van der Waals surface area contributed by atoms with Crippen LogP contribution in [-0.4, -0.2) is 8.07 Å². The number of benzene rings is 7. The largest absolute Gasteiger partial charge is 0.456 e. The summed E-state index contributed by atoms with van der Waals surface area (Å²) in [6.07, 6.45) is 0. The number of rotatable bonds is 7. The summed E-state index contributed by atoms with van der Waals surface area (Å²) in [6.45, 7) is 0. The predicted octanol–water partition coefficient (Wildman–Crippen LogP) is 8.43. The van der Waals surface area contributed by atoms with Crippen molar-refractivity contribution in [2.75, 3.05) is 4.90 Å². The summed E-state index contributed by atoms with van der Waals surface area (Å²) in [6, 6.07) is 67.8. The smallest absolute Gasteiger partial charge is 0.179 e. The van der Waals surface area contributed by atoms with Crippen LogP contribution in [0, 0.1) is 0 Å². The van der Waals surface area contributed by atoms with E-state index in [1.54, 1.807) is 0 Å². The minimum absolute atomic E-state index is 0.884. The van der Waals surface area contributed by atoms with Gasteiger partial charge in [0.05, 0.1) is 0 Å². The van der Waals surface area contributed by atoms with Gasteiger partial charge >= 0.3 is 0 Å². The van der Waals surface area contributed by atoms with Crippen LogP contribution < -0.4 is 25.6 Å². The quantitative estimate of drug-likeness (QED) is 0.136. The molecule has 0 aliphatic carbocycles. The fourth-order valence-electron chi connectivity index (χ4n) is 6.80. The molecular weight excluding hydrogens is 563 g/mol. The van der Waals surface area contributed by atoms with Crippen molar-refractivity contribution in [3.8, 4) is 0 Å². The molecule has 0 radical (unpaired) electrons. The standard InChI is InChI=1S/C42H31NOSi/c1-5-15-32(16-6-1)43(34-27-30-40-39-23-13-14-24-41(39)44-42(40)31-34)33-25-28-38(29-26-33)45(35-17-7-2-8-18-35,36-19-9-3-10-20-36)37-21-11-4-12-22-37/h1-31H. The molecule has 8 rings (SSSR count). The maximum Gasteiger partial charge on any atom is 0.179 e. The van der Waals surface area contributed by atoms with Crippen molar-refractivity contribution in [2.45, 2.75) is 0 Å².